The van der Waals surface area contributed by atoms with Gasteiger partial charge in [-0.25, -0.2) is 0 Å². The highest BCUT2D eigenvalue weighted by Crippen LogP contribution is 2.43. The highest BCUT2D eigenvalue weighted by Gasteiger charge is 2.37. The summed E-state index contributed by atoms with van der Waals surface area (Å²) in [6, 6.07) is 8.10. The molecule has 3 unspecified atom stereocenters. The summed E-state index contributed by atoms with van der Waals surface area (Å²) in [7, 11) is 0. The van der Waals surface area contributed by atoms with E-state index in [1.807, 2.05) is 24.3 Å². The molecule has 1 aromatic rings. The van der Waals surface area contributed by atoms with Crippen LogP contribution in [0.15, 0.2) is 28.7 Å². The van der Waals surface area contributed by atoms with E-state index in [-0.39, 0.29) is 6.10 Å². The summed E-state index contributed by atoms with van der Waals surface area (Å²) in [5.74, 6) is 2.13. The van der Waals surface area contributed by atoms with Crippen LogP contribution in [0.3, 0.4) is 0 Å². The molecular formula is C18H28BrNO. The van der Waals surface area contributed by atoms with E-state index in [0.29, 0.717) is 17.9 Å². The van der Waals surface area contributed by atoms with Gasteiger partial charge in [-0.3, -0.25) is 0 Å². The molecule has 1 fully saturated rings. The lowest BCUT2D eigenvalue weighted by Crippen LogP contribution is -2.42. The normalized spacial score (nSPS) is 26.6. The molecule has 2 N–H and O–H groups in total. The van der Waals surface area contributed by atoms with Crippen LogP contribution in [-0.4, -0.2) is 12.6 Å². The third kappa shape index (κ3) is 4.01. The Hall–Kier alpha value is -0.540. The second kappa shape index (κ2) is 7.15. The first-order chi connectivity index (χ1) is 9.97. The molecule has 21 heavy (non-hydrogen) atoms. The number of rotatable bonds is 5. The summed E-state index contributed by atoms with van der Waals surface area (Å²) < 4.78 is 7.36. The lowest BCUT2D eigenvalue weighted by molar-refractivity contribution is 0.0255. The number of halogens is 1. The Morgan fingerprint density at radius 2 is 2.00 bits per heavy atom. The van der Waals surface area contributed by atoms with Crippen molar-refractivity contribution in [3.8, 4) is 5.75 Å². The zero-order valence-corrected chi connectivity index (χ0v) is 15.0. The zero-order chi connectivity index (χ0) is 15.5. The second-order valence-corrected chi connectivity index (χ2v) is 7.79. The summed E-state index contributed by atoms with van der Waals surface area (Å²) in [5, 5.41) is 0. The Morgan fingerprint density at radius 1 is 1.29 bits per heavy atom. The zero-order valence-electron chi connectivity index (χ0n) is 13.4. The van der Waals surface area contributed by atoms with E-state index >= 15 is 0 Å². The first-order valence-electron chi connectivity index (χ1n) is 8.09. The molecule has 0 bridgehead atoms. The fourth-order valence-electron chi connectivity index (χ4n) is 3.31. The molecule has 1 aliphatic rings. The van der Waals surface area contributed by atoms with Crippen LogP contribution in [0, 0.1) is 17.3 Å². The van der Waals surface area contributed by atoms with E-state index in [0.717, 1.165) is 22.6 Å². The van der Waals surface area contributed by atoms with Crippen LogP contribution in [0.4, 0.5) is 0 Å². The highest BCUT2D eigenvalue weighted by atomic mass is 79.9. The van der Waals surface area contributed by atoms with Crippen LogP contribution in [0.25, 0.3) is 0 Å². The van der Waals surface area contributed by atoms with Crippen molar-refractivity contribution in [2.75, 3.05) is 6.54 Å². The van der Waals surface area contributed by atoms with Crippen molar-refractivity contribution in [3.05, 3.63) is 28.7 Å². The van der Waals surface area contributed by atoms with Gasteiger partial charge < -0.3 is 10.5 Å². The van der Waals surface area contributed by atoms with Gasteiger partial charge in [0.2, 0.25) is 0 Å². The Morgan fingerprint density at radius 3 is 2.62 bits per heavy atom. The Balaban J connectivity index is 2.12. The summed E-state index contributed by atoms with van der Waals surface area (Å²) in [6.07, 6.45) is 5.02. The highest BCUT2D eigenvalue weighted by molar-refractivity contribution is 9.10. The maximum absolute atomic E-state index is 6.33. The summed E-state index contributed by atoms with van der Waals surface area (Å²) in [5.41, 5.74) is 6.36. The average molecular weight is 354 g/mol. The van der Waals surface area contributed by atoms with Crippen molar-refractivity contribution in [2.24, 2.45) is 23.0 Å². The monoisotopic (exact) mass is 353 g/mol. The number of ether oxygens (including phenoxy) is 1. The maximum atomic E-state index is 6.33. The van der Waals surface area contributed by atoms with Crippen molar-refractivity contribution in [2.45, 2.75) is 52.6 Å². The van der Waals surface area contributed by atoms with Crippen molar-refractivity contribution < 1.29 is 4.74 Å². The molecule has 3 heteroatoms. The first kappa shape index (κ1) is 16.8. The van der Waals surface area contributed by atoms with Crippen LogP contribution in [-0.2, 0) is 0 Å². The summed E-state index contributed by atoms with van der Waals surface area (Å²) in [6.45, 7) is 7.78. The van der Waals surface area contributed by atoms with E-state index < -0.39 is 0 Å². The average Bonchev–Trinajstić information content (AvgIpc) is 2.49. The van der Waals surface area contributed by atoms with Gasteiger partial charge in [-0.15, -0.1) is 0 Å². The van der Waals surface area contributed by atoms with Crippen LogP contribution >= 0.6 is 15.9 Å². The van der Waals surface area contributed by atoms with Gasteiger partial charge in [-0.2, -0.15) is 0 Å². The third-order valence-corrected chi connectivity index (χ3v) is 6.02. The Bertz CT molecular complexity index is 460. The summed E-state index contributed by atoms with van der Waals surface area (Å²) in [4.78, 5) is 0. The van der Waals surface area contributed by atoms with Crippen LogP contribution < -0.4 is 10.5 Å². The van der Waals surface area contributed by atoms with Crippen molar-refractivity contribution in [1.82, 2.24) is 0 Å². The fourth-order valence-corrected chi connectivity index (χ4v) is 3.69. The van der Waals surface area contributed by atoms with E-state index in [9.17, 15) is 0 Å². The number of hydrogen-bond acceptors (Lipinski definition) is 2. The van der Waals surface area contributed by atoms with Crippen LogP contribution in [0.2, 0.25) is 0 Å². The minimum absolute atomic E-state index is 0.235. The van der Waals surface area contributed by atoms with Crippen molar-refractivity contribution in [3.63, 3.8) is 0 Å². The molecule has 0 spiro atoms. The lowest BCUT2D eigenvalue weighted by Gasteiger charge is -2.42. The molecule has 118 valence electrons. The molecule has 0 heterocycles. The molecule has 2 rings (SSSR count). The minimum Gasteiger partial charge on any atom is -0.489 e. The molecule has 1 aliphatic carbocycles. The van der Waals surface area contributed by atoms with Gasteiger partial charge in [0.1, 0.15) is 11.9 Å². The van der Waals surface area contributed by atoms with E-state index in [1.165, 1.54) is 19.3 Å². The van der Waals surface area contributed by atoms with Gasteiger partial charge in [0.25, 0.3) is 0 Å². The number of para-hydroxylation sites is 1. The Kier molecular flexibility index (Phi) is 5.73. The fraction of sp³-hybridized carbons (Fsp3) is 0.667. The lowest BCUT2D eigenvalue weighted by atomic mass is 9.66. The number of benzene rings is 1. The van der Waals surface area contributed by atoms with Gasteiger partial charge in [0.15, 0.2) is 0 Å². The van der Waals surface area contributed by atoms with Gasteiger partial charge in [-0.1, -0.05) is 39.3 Å². The molecule has 0 saturated heterocycles. The van der Waals surface area contributed by atoms with Crippen LogP contribution in [0.5, 0.6) is 5.75 Å². The topological polar surface area (TPSA) is 35.2 Å². The van der Waals surface area contributed by atoms with Crippen LogP contribution in [0.1, 0.15) is 46.5 Å². The smallest absolute Gasteiger partial charge is 0.133 e. The van der Waals surface area contributed by atoms with Gasteiger partial charge in [0.05, 0.1) is 4.47 Å². The predicted octanol–water partition coefficient (Wildman–Crippen LogP) is 5.01. The van der Waals surface area contributed by atoms with Gasteiger partial charge in [-0.05, 0) is 65.2 Å². The minimum atomic E-state index is 0.235. The van der Waals surface area contributed by atoms with Crippen molar-refractivity contribution in [1.29, 1.82) is 0 Å². The molecule has 3 atom stereocenters. The molecule has 0 radical (unpaired) electrons. The van der Waals surface area contributed by atoms with E-state index in [4.69, 9.17) is 10.5 Å². The quantitative estimate of drug-likeness (QED) is 0.807. The molecule has 0 aromatic heterocycles. The third-order valence-electron chi connectivity index (χ3n) is 5.36. The van der Waals surface area contributed by atoms with Gasteiger partial charge in [0, 0.05) is 5.92 Å². The van der Waals surface area contributed by atoms with Gasteiger partial charge >= 0.3 is 0 Å². The summed E-state index contributed by atoms with van der Waals surface area (Å²) >= 11 is 3.58. The molecule has 1 aromatic carbocycles. The first-order valence-corrected chi connectivity index (χ1v) is 8.88. The van der Waals surface area contributed by atoms with E-state index in [1.54, 1.807) is 0 Å². The SMILES string of the molecule is CCC(C)(C)C1CCC(CN)C(Oc2ccccc2Br)C1. The molecule has 0 amide bonds. The largest absolute Gasteiger partial charge is 0.489 e. The van der Waals surface area contributed by atoms with Crippen molar-refractivity contribution >= 4 is 15.9 Å². The molecule has 0 aliphatic heterocycles. The second-order valence-electron chi connectivity index (χ2n) is 6.93. The van der Waals surface area contributed by atoms with E-state index in [2.05, 4.69) is 36.7 Å². The number of hydrogen-bond donors (Lipinski definition) is 1. The Labute approximate surface area is 137 Å². The molecular weight excluding hydrogens is 326 g/mol. The standard InChI is InChI=1S/C18H28BrNO/c1-4-18(2,3)14-10-9-13(12-20)17(11-14)21-16-8-6-5-7-15(16)19/h5-8,13-14,17H,4,9-12,20H2,1-3H3. The maximum Gasteiger partial charge on any atom is 0.133 e. The predicted molar refractivity (Wildman–Crippen MR) is 92.5 cm³/mol. The molecule has 2 nitrogen and oxygen atoms in total. The molecule has 1 saturated carbocycles. The number of nitrogens with two attached hydrogens (primary N) is 1.